The number of aliphatic hydroxyl groups excluding tert-OH is 3. The van der Waals surface area contributed by atoms with Gasteiger partial charge in [-0.05, 0) is 26.6 Å². The highest BCUT2D eigenvalue weighted by atomic mass is 32.2. The smallest absolute Gasteiger partial charge is 0.237 e. The monoisotopic (exact) mass is 377 g/mol. The Labute approximate surface area is 153 Å². The molecule has 0 aliphatic carbocycles. The molecule has 0 aromatic carbocycles. The van der Waals surface area contributed by atoms with Crippen LogP contribution < -0.4 is 11.1 Å². The van der Waals surface area contributed by atoms with E-state index in [2.05, 4.69) is 5.32 Å². The lowest BCUT2D eigenvalue weighted by Crippen LogP contribution is -2.64. The summed E-state index contributed by atoms with van der Waals surface area (Å²) in [6, 6.07) is -1.27. The molecule has 2 aliphatic rings. The molecule has 1 amide bonds. The van der Waals surface area contributed by atoms with Crippen LogP contribution in [0.25, 0.3) is 0 Å². The Balaban J connectivity index is 2.13. The average Bonchev–Trinajstić information content (AvgIpc) is 2.89. The Morgan fingerprint density at radius 1 is 1.40 bits per heavy atom. The molecule has 9 atom stereocenters. The molecule has 0 saturated carbocycles. The van der Waals surface area contributed by atoms with Crippen LogP contribution in [0.2, 0.25) is 0 Å². The van der Waals surface area contributed by atoms with Gasteiger partial charge in [-0.1, -0.05) is 6.92 Å². The van der Waals surface area contributed by atoms with Gasteiger partial charge in [-0.15, -0.1) is 11.8 Å². The number of amides is 1. The van der Waals surface area contributed by atoms with Crippen molar-refractivity contribution in [3.63, 3.8) is 0 Å². The van der Waals surface area contributed by atoms with Crippen LogP contribution in [-0.4, -0.2) is 94.0 Å². The minimum absolute atomic E-state index is 0.0641. The molecule has 2 aliphatic heterocycles. The summed E-state index contributed by atoms with van der Waals surface area (Å²) in [6.45, 7) is 3.96. The third kappa shape index (κ3) is 4.47. The van der Waals surface area contributed by atoms with Crippen molar-refractivity contribution in [1.82, 2.24) is 10.2 Å². The fourth-order valence-electron chi connectivity index (χ4n) is 3.68. The molecule has 2 fully saturated rings. The van der Waals surface area contributed by atoms with E-state index in [0.29, 0.717) is 13.0 Å². The van der Waals surface area contributed by atoms with Gasteiger partial charge >= 0.3 is 0 Å². The lowest BCUT2D eigenvalue weighted by molar-refractivity contribution is -0.188. The predicted molar refractivity (Wildman–Crippen MR) is 96.0 cm³/mol. The number of ether oxygens (including phenoxy) is 1. The molecule has 0 radical (unpaired) electrons. The minimum atomic E-state index is -1.19. The third-order valence-electron chi connectivity index (χ3n) is 5.24. The molecule has 2 saturated heterocycles. The van der Waals surface area contributed by atoms with Crippen molar-refractivity contribution in [3.05, 3.63) is 0 Å². The average molecular weight is 378 g/mol. The van der Waals surface area contributed by atoms with Crippen molar-refractivity contribution in [1.29, 1.82) is 0 Å². The molecule has 0 aromatic heterocycles. The fraction of sp³-hybridized carbons (Fsp3) is 0.938. The van der Waals surface area contributed by atoms with Crippen molar-refractivity contribution in [3.8, 4) is 0 Å². The second kappa shape index (κ2) is 8.51. The van der Waals surface area contributed by atoms with Crippen molar-refractivity contribution >= 4 is 17.7 Å². The Bertz CT molecular complexity index is 467. The second-order valence-corrected chi connectivity index (χ2v) is 8.21. The van der Waals surface area contributed by atoms with Crippen LogP contribution in [0.4, 0.5) is 0 Å². The molecule has 0 spiro atoms. The van der Waals surface area contributed by atoms with E-state index >= 15 is 0 Å². The zero-order valence-electron chi connectivity index (χ0n) is 15.2. The number of nitrogens with zero attached hydrogens (tertiary/aromatic N) is 1. The Kier molecular flexibility index (Phi) is 7.11. The summed E-state index contributed by atoms with van der Waals surface area (Å²) in [4.78, 5) is 14.5. The molecule has 6 N–H and O–H groups in total. The number of rotatable bonds is 5. The number of likely N-dealkylation sites (tertiary alicyclic amines) is 1. The maximum absolute atomic E-state index is 12.6. The first-order valence-electron chi connectivity index (χ1n) is 8.66. The SMILES string of the molecule is CS[C@H]1O[C@H]([C@H](NC(=O)[C@@H]2C[C@@H](N)CN2C)[C@@H](C)O)[C@H](O)[C@H](O)[C@H]1C. The maximum atomic E-state index is 12.6. The van der Waals surface area contributed by atoms with E-state index in [-0.39, 0.29) is 29.3 Å². The highest BCUT2D eigenvalue weighted by Gasteiger charge is 2.47. The normalized spacial score (nSPS) is 42.2. The topological polar surface area (TPSA) is 128 Å². The van der Waals surface area contributed by atoms with E-state index in [1.54, 1.807) is 6.92 Å². The lowest BCUT2D eigenvalue weighted by atomic mass is 9.88. The van der Waals surface area contributed by atoms with Gasteiger partial charge in [-0.25, -0.2) is 0 Å². The first-order chi connectivity index (χ1) is 11.7. The Morgan fingerprint density at radius 3 is 2.52 bits per heavy atom. The number of nitrogens with one attached hydrogen (secondary N) is 1. The van der Waals surface area contributed by atoms with Gasteiger partial charge in [0.1, 0.15) is 17.6 Å². The predicted octanol–water partition coefficient (Wildman–Crippen LogP) is -1.67. The van der Waals surface area contributed by atoms with E-state index in [9.17, 15) is 20.1 Å². The van der Waals surface area contributed by atoms with E-state index in [1.807, 2.05) is 18.2 Å². The summed E-state index contributed by atoms with van der Waals surface area (Å²) < 4.78 is 5.91. The number of carbonyl (C=O) groups excluding carboxylic acids is 1. The Hall–Kier alpha value is -0.420. The molecule has 146 valence electrons. The third-order valence-corrected chi connectivity index (χ3v) is 6.25. The van der Waals surface area contributed by atoms with Crippen LogP contribution in [0.5, 0.6) is 0 Å². The van der Waals surface area contributed by atoms with Crippen LogP contribution >= 0.6 is 11.8 Å². The van der Waals surface area contributed by atoms with Crippen LogP contribution in [0, 0.1) is 5.92 Å². The number of thioether (sulfide) groups is 1. The molecular weight excluding hydrogens is 346 g/mol. The minimum Gasteiger partial charge on any atom is -0.391 e. The summed E-state index contributed by atoms with van der Waals surface area (Å²) in [7, 11) is 1.83. The van der Waals surface area contributed by atoms with Crippen molar-refractivity contribution < 1.29 is 24.9 Å². The van der Waals surface area contributed by atoms with Crippen LogP contribution in [0.15, 0.2) is 0 Å². The summed E-state index contributed by atoms with van der Waals surface area (Å²) in [6.07, 6.45) is -1.64. The number of hydrogen-bond donors (Lipinski definition) is 5. The fourth-order valence-corrected chi connectivity index (χ4v) is 4.51. The number of aliphatic hydroxyl groups is 3. The molecule has 2 heterocycles. The van der Waals surface area contributed by atoms with E-state index in [0.717, 1.165) is 0 Å². The molecule has 0 bridgehead atoms. The van der Waals surface area contributed by atoms with Crippen LogP contribution in [0.3, 0.4) is 0 Å². The van der Waals surface area contributed by atoms with Gasteiger partial charge in [0.25, 0.3) is 0 Å². The van der Waals surface area contributed by atoms with Crippen LogP contribution in [-0.2, 0) is 9.53 Å². The van der Waals surface area contributed by atoms with Gasteiger partial charge in [0.05, 0.1) is 24.3 Å². The number of nitrogens with two attached hydrogens (primary N) is 1. The first kappa shape index (κ1) is 20.9. The van der Waals surface area contributed by atoms with E-state index < -0.39 is 30.5 Å². The largest absolute Gasteiger partial charge is 0.391 e. The highest BCUT2D eigenvalue weighted by molar-refractivity contribution is 7.99. The standard InChI is InChI=1S/C16H31N3O5S/c1-7-12(21)13(22)14(24-16(7)25-4)11(8(2)20)18-15(23)10-5-9(17)6-19(10)3/h7-14,16,20-22H,5-6,17H2,1-4H3,(H,18,23)/t7-,8-,9-,10+,11-,12-,13-,14-,16-/m1/s1. The molecule has 25 heavy (non-hydrogen) atoms. The molecular formula is C16H31N3O5S. The number of carbonyl (C=O) groups is 1. The second-order valence-electron chi connectivity index (χ2n) is 7.27. The summed E-state index contributed by atoms with van der Waals surface area (Å²) >= 11 is 1.42. The summed E-state index contributed by atoms with van der Waals surface area (Å²) in [5.74, 6) is -0.517. The Morgan fingerprint density at radius 2 is 2.04 bits per heavy atom. The zero-order valence-corrected chi connectivity index (χ0v) is 16.0. The van der Waals surface area contributed by atoms with E-state index in [1.165, 1.54) is 18.7 Å². The van der Waals surface area contributed by atoms with Crippen LogP contribution in [0.1, 0.15) is 20.3 Å². The molecule has 2 rings (SSSR count). The first-order valence-corrected chi connectivity index (χ1v) is 9.94. The van der Waals surface area contributed by atoms with Gasteiger partial charge in [0, 0.05) is 18.5 Å². The number of hydrogen-bond acceptors (Lipinski definition) is 8. The maximum Gasteiger partial charge on any atom is 0.237 e. The molecule has 9 heteroatoms. The highest BCUT2D eigenvalue weighted by Crippen LogP contribution is 2.33. The quantitative estimate of drug-likeness (QED) is 0.385. The van der Waals surface area contributed by atoms with E-state index in [4.69, 9.17) is 10.5 Å². The summed E-state index contributed by atoms with van der Waals surface area (Å²) in [5, 5.41) is 33.7. The van der Waals surface area contributed by atoms with Gasteiger partial charge in [0.15, 0.2) is 0 Å². The molecule has 0 aromatic rings. The zero-order chi connectivity index (χ0) is 18.9. The van der Waals surface area contributed by atoms with Crippen molar-refractivity contribution in [2.45, 2.75) is 68.2 Å². The van der Waals surface area contributed by atoms with Gasteiger partial charge in [0.2, 0.25) is 5.91 Å². The summed E-state index contributed by atoms with van der Waals surface area (Å²) in [5.41, 5.74) is 5.58. The molecule has 0 unspecified atom stereocenters. The van der Waals surface area contributed by atoms with Gasteiger partial charge in [-0.2, -0.15) is 0 Å². The van der Waals surface area contributed by atoms with Gasteiger partial charge < -0.3 is 31.1 Å². The van der Waals surface area contributed by atoms with Gasteiger partial charge in [-0.3, -0.25) is 9.69 Å². The van der Waals surface area contributed by atoms with Crippen molar-refractivity contribution in [2.75, 3.05) is 19.8 Å². The lowest BCUT2D eigenvalue weighted by Gasteiger charge is -2.45. The molecule has 8 nitrogen and oxygen atoms in total. The van der Waals surface area contributed by atoms with Crippen molar-refractivity contribution in [2.24, 2.45) is 11.7 Å². The number of likely N-dealkylation sites (N-methyl/N-ethyl adjacent to an activating group) is 1.